The third-order valence-corrected chi connectivity index (χ3v) is 1.76. The summed E-state index contributed by atoms with van der Waals surface area (Å²) in [7, 11) is 0. The summed E-state index contributed by atoms with van der Waals surface area (Å²) in [6.45, 7) is 9.99. The largest absolute Gasteiger partial charge is 0.295 e. The van der Waals surface area contributed by atoms with Crippen molar-refractivity contribution in [3.63, 3.8) is 0 Å². The average Bonchev–Trinajstić information content (AvgIpc) is 1.84. The molecule has 0 aromatic heterocycles. The van der Waals surface area contributed by atoms with Crippen molar-refractivity contribution in [2.75, 3.05) is 0 Å². The van der Waals surface area contributed by atoms with E-state index in [1.165, 1.54) is 0 Å². The monoisotopic (exact) mass is 170 g/mol. The topological polar surface area (TPSA) is 17.1 Å². The Hall–Kier alpha value is -0.590. The first-order valence-electron chi connectivity index (χ1n) is 4.12. The highest BCUT2D eigenvalue weighted by Gasteiger charge is 2.07. The Morgan fingerprint density at radius 3 is 1.83 bits per heavy atom. The van der Waals surface area contributed by atoms with Crippen molar-refractivity contribution in [2.24, 2.45) is 5.92 Å². The zero-order chi connectivity index (χ0) is 9.02. The van der Waals surface area contributed by atoms with Gasteiger partial charge in [-0.15, -0.1) is 0 Å². The lowest BCUT2D eigenvalue weighted by Gasteiger charge is -2.04. The molecule has 0 aliphatic heterocycles. The van der Waals surface area contributed by atoms with Crippen LogP contribution in [0.3, 0.4) is 0 Å². The highest BCUT2D eigenvalue weighted by atomic mass is 16.1. The van der Waals surface area contributed by atoms with E-state index in [-0.39, 0.29) is 7.43 Å². The van der Waals surface area contributed by atoms with E-state index < -0.39 is 0 Å². The van der Waals surface area contributed by atoms with Crippen molar-refractivity contribution in [3.05, 3.63) is 11.1 Å². The summed E-state index contributed by atoms with van der Waals surface area (Å²) < 4.78 is 0. The van der Waals surface area contributed by atoms with Crippen LogP contribution in [0, 0.1) is 5.92 Å². The van der Waals surface area contributed by atoms with Crippen LogP contribution < -0.4 is 0 Å². The molecule has 1 nitrogen and oxygen atoms in total. The Kier molecular flexibility index (Phi) is 6.96. The minimum absolute atomic E-state index is 0. The minimum atomic E-state index is 0. The lowest BCUT2D eigenvalue weighted by molar-refractivity contribution is -0.116. The van der Waals surface area contributed by atoms with Gasteiger partial charge < -0.3 is 0 Å². The van der Waals surface area contributed by atoms with Crippen molar-refractivity contribution >= 4 is 5.78 Å². The SMILES string of the molecule is C.CC(C)=C(C)C(=O)CC(C)C. The summed E-state index contributed by atoms with van der Waals surface area (Å²) >= 11 is 0. The molecule has 12 heavy (non-hydrogen) atoms. The number of allylic oxidation sites excluding steroid dienone is 2. The van der Waals surface area contributed by atoms with Crippen LogP contribution in [0.1, 0.15) is 48.5 Å². The first-order chi connectivity index (χ1) is 4.95. The molecule has 0 heterocycles. The Morgan fingerprint density at radius 1 is 1.17 bits per heavy atom. The fraction of sp³-hybridized carbons (Fsp3) is 0.727. The number of Topliss-reactive ketones (excluding diaryl/α,β-unsaturated/α-hetero) is 1. The van der Waals surface area contributed by atoms with E-state index in [0.717, 1.165) is 11.1 Å². The maximum Gasteiger partial charge on any atom is 0.158 e. The van der Waals surface area contributed by atoms with Crippen LogP contribution in [0.2, 0.25) is 0 Å². The highest BCUT2D eigenvalue weighted by molar-refractivity contribution is 5.95. The molecule has 0 rings (SSSR count). The van der Waals surface area contributed by atoms with Crippen LogP contribution in [0.4, 0.5) is 0 Å². The van der Waals surface area contributed by atoms with Gasteiger partial charge in [0.05, 0.1) is 0 Å². The van der Waals surface area contributed by atoms with E-state index in [1.54, 1.807) is 0 Å². The van der Waals surface area contributed by atoms with E-state index in [9.17, 15) is 4.79 Å². The van der Waals surface area contributed by atoms with Gasteiger partial charge in [-0.05, 0) is 32.3 Å². The van der Waals surface area contributed by atoms with Crippen LogP contribution in [0.15, 0.2) is 11.1 Å². The van der Waals surface area contributed by atoms with E-state index in [4.69, 9.17) is 0 Å². The van der Waals surface area contributed by atoms with Crippen molar-refractivity contribution in [2.45, 2.75) is 48.5 Å². The van der Waals surface area contributed by atoms with Gasteiger partial charge in [0.25, 0.3) is 0 Å². The third kappa shape index (κ3) is 5.11. The molecule has 0 fully saturated rings. The summed E-state index contributed by atoms with van der Waals surface area (Å²) in [4.78, 5) is 11.3. The second-order valence-corrected chi connectivity index (χ2v) is 3.65. The summed E-state index contributed by atoms with van der Waals surface area (Å²) in [5.41, 5.74) is 2.06. The first-order valence-corrected chi connectivity index (χ1v) is 4.12. The Morgan fingerprint density at radius 2 is 1.58 bits per heavy atom. The van der Waals surface area contributed by atoms with Crippen molar-refractivity contribution in [1.29, 1.82) is 0 Å². The Bertz CT molecular complexity index is 171. The predicted octanol–water partition coefficient (Wildman–Crippen LogP) is 3.59. The second-order valence-electron chi connectivity index (χ2n) is 3.65. The van der Waals surface area contributed by atoms with Crippen molar-refractivity contribution in [3.8, 4) is 0 Å². The Labute approximate surface area is 76.9 Å². The first kappa shape index (κ1) is 14.0. The van der Waals surface area contributed by atoms with Crippen LogP contribution in [-0.2, 0) is 4.79 Å². The summed E-state index contributed by atoms with van der Waals surface area (Å²) in [6.07, 6.45) is 0.678. The van der Waals surface area contributed by atoms with Crippen LogP contribution in [-0.4, -0.2) is 5.78 Å². The number of carbonyl (C=O) groups excluding carboxylic acids is 1. The molecule has 1 heteroatoms. The van der Waals surface area contributed by atoms with Gasteiger partial charge in [0.15, 0.2) is 5.78 Å². The molecular formula is C11H22O. The molecule has 0 radical (unpaired) electrons. The quantitative estimate of drug-likeness (QED) is 0.591. The van der Waals surface area contributed by atoms with Gasteiger partial charge in [0.2, 0.25) is 0 Å². The van der Waals surface area contributed by atoms with Crippen LogP contribution in [0.25, 0.3) is 0 Å². The molecule has 0 N–H and O–H groups in total. The molecule has 0 saturated heterocycles. The highest BCUT2D eigenvalue weighted by Crippen LogP contribution is 2.10. The van der Waals surface area contributed by atoms with Crippen molar-refractivity contribution < 1.29 is 4.79 Å². The summed E-state index contributed by atoms with van der Waals surface area (Å²) in [5, 5.41) is 0. The molecule has 72 valence electrons. The van der Waals surface area contributed by atoms with E-state index in [2.05, 4.69) is 13.8 Å². The molecule has 0 amide bonds. The fourth-order valence-corrected chi connectivity index (χ4v) is 0.803. The van der Waals surface area contributed by atoms with E-state index in [0.29, 0.717) is 18.1 Å². The van der Waals surface area contributed by atoms with Crippen LogP contribution in [0.5, 0.6) is 0 Å². The summed E-state index contributed by atoms with van der Waals surface area (Å²) in [5.74, 6) is 0.761. The molecule has 0 unspecified atom stereocenters. The number of ketones is 1. The predicted molar refractivity (Wildman–Crippen MR) is 55.2 cm³/mol. The molecule has 0 saturated carbocycles. The normalized spacial score (nSPS) is 9.17. The molecule has 0 aromatic carbocycles. The Balaban J connectivity index is 0. The second kappa shape index (κ2) is 5.99. The third-order valence-electron chi connectivity index (χ3n) is 1.76. The lowest BCUT2D eigenvalue weighted by atomic mass is 10.00. The van der Waals surface area contributed by atoms with E-state index in [1.807, 2.05) is 20.8 Å². The van der Waals surface area contributed by atoms with Gasteiger partial charge in [0, 0.05) is 6.42 Å². The van der Waals surface area contributed by atoms with E-state index >= 15 is 0 Å². The maximum atomic E-state index is 11.3. The number of carbonyl (C=O) groups is 1. The zero-order valence-corrected chi connectivity index (χ0v) is 8.19. The molecule has 0 aliphatic carbocycles. The standard InChI is InChI=1S/C10H18O.CH4/c1-7(2)6-10(11)9(5)8(3)4;/h7H,6H2,1-5H3;1H4. The minimum Gasteiger partial charge on any atom is -0.295 e. The lowest BCUT2D eigenvalue weighted by Crippen LogP contribution is -2.04. The van der Waals surface area contributed by atoms with Gasteiger partial charge in [-0.1, -0.05) is 26.8 Å². The zero-order valence-electron chi connectivity index (χ0n) is 8.19. The number of rotatable bonds is 3. The van der Waals surface area contributed by atoms with Gasteiger partial charge in [0.1, 0.15) is 0 Å². The maximum absolute atomic E-state index is 11.3. The smallest absolute Gasteiger partial charge is 0.158 e. The molecule has 0 atom stereocenters. The number of hydrogen-bond donors (Lipinski definition) is 0. The van der Waals surface area contributed by atoms with Gasteiger partial charge in [-0.3, -0.25) is 4.79 Å². The average molecular weight is 170 g/mol. The van der Waals surface area contributed by atoms with Crippen LogP contribution >= 0.6 is 0 Å². The van der Waals surface area contributed by atoms with Gasteiger partial charge >= 0.3 is 0 Å². The molecule has 0 aliphatic rings. The molecule has 0 bridgehead atoms. The van der Waals surface area contributed by atoms with Crippen molar-refractivity contribution in [1.82, 2.24) is 0 Å². The molecule has 0 spiro atoms. The number of hydrogen-bond acceptors (Lipinski definition) is 1. The molecular weight excluding hydrogens is 148 g/mol. The van der Waals surface area contributed by atoms with Gasteiger partial charge in [-0.2, -0.15) is 0 Å². The summed E-state index contributed by atoms with van der Waals surface area (Å²) in [6, 6.07) is 0. The van der Waals surface area contributed by atoms with Gasteiger partial charge in [-0.25, -0.2) is 0 Å². The molecule has 0 aromatic rings. The fourth-order valence-electron chi connectivity index (χ4n) is 0.803.